The number of aromatic nitrogens is 2. The summed E-state index contributed by atoms with van der Waals surface area (Å²) in [4.78, 5) is 23.0. The number of carboxylic acids is 1. The quantitative estimate of drug-likeness (QED) is 0.711. The van der Waals surface area contributed by atoms with Crippen LogP contribution in [0.1, 0.15) is 12.5 Å². The molecule has 0 saturated heterocycles. The Bertz CT molecular complexity index is 928. The van der Waals surface area contributed by atoms with Crippen molar-refractivity contribution in [1.82, 2.24) is 9.97 Å². The van der Waals surface area contributed by atoms with Crippen molar-refractivity contribution in [3.8, 4) is 0 Å². The summed E-state index contributed by atoms with van der Waals surface area (Å²) in [7, 11) is 3.84. The first-order chi connectivity index (χ1) is 12.4. The van der Waals surface area contributed by atoms with Crippen LogP contribution in [0.2, 0.25) is 0 Å². The number of aliphatic carboxylic acids is 1. The Labute approximate surface area is 152 Å². The standard InChI is InChI=1S/C20H22N4O2/c1-20(18(25)26,14-9-5-4-6-10-14)13-21-19-22-16-12-8-7-11-15(16)17(23-19)24(2)3/h4-12H,13H2,1-3H3,(H,25,26)(H,21,22,23). The normalized spacial score (nSPS) is 13.2. The first kappa shape index (κ1) is 17.7. The average molecular weight is 350 g/mol. The van der Waals surface area contributed by atoms with E-state index in [4.69, 9.17) is 0 Å². The molecule has 0 saturated carbocycles. The van der Waals surface area contributed by atoms with E-state index in [2.05, 4.69) is 15.3 Å². The maximum absolute atomic E-state index is 11.9. The van der Waals surface area contributed by atoms with E-state index in [1.807, 2.05) is 73.6 Å². The van der Waals surface area contributed by atoms with E-state index in [1.165, 1.54) is 0 Å². The topological polar surface area (TPSA) is 78.4 Å². The van der Waals surface area contributed by atoms with Gasteiger partial charge >= 0.3 is 5.97 Å². The van der Waals surface area contributed by atoms with Gasteiger partial charge in [0.05, 0.1) is 5.52 Å². The van der Waals surface area contributed by atoms with E-state index < -0.39 is 11.4 Å². The Balaban J connectivity index is 1.94. The fraction of sp³-hybridized carbons (Fsp3) is 0.250. The van der Waals surface area contributed by atoms with Crippen LogP contribution >= 0.6 is 0 Å². The van der Waals surface area contributed by atoms with Crippen molar-refractivity contribution in [2.24, 2.45) is 0 Å². The maximum atomic E-state index is 11.9. The predicted molar refractivity (Wildman–Crippen MR) is 104 cm³/mol. The molecule has 0 spiro atoms. The monoisotopic (exact) mass is 350 g/mol. The van der Waals surface area contributed by atoms with Crippen LogP contribution in [0.5, 0.6) is 0 Å². The molecule has 0 aliphatic rings. The summed E-state index contributed by atoms with van der Waals surface area (Å²) in [6, 6.07) is 17.0. The number of benzene rings is 2. The predicted octanol–water partition coefficient (Wildman–Crippen LogP) is 3.15. The molecule has 134 valence electrons. The third-order valence-corrected chi connectivity index (χ3v) is 4.49. The third-order valence-electron chi connectivity index (χ3n) is 4.49. The van der Waals surface area contributed by atoms with Crippen LogP contribution in [-0.4, -0.2) is 41.7 Å². The van der Waals surface area contributed by atoms with Gasteiger partial charge in [-0.1, -0.05) is 42.5 Å². The number of hydrogen-bond acceptors (Lipinski definition) is 5. The molecule has 0 fully saturated rings. The first-order valence-electron chi connectivity index (χ1n) is 8.39. The fourth-order valence-electron chi connectivity index (χ4n) is 2.84. The molecular weight excluding hydrogens is 328 g/mol. The molecule has 3 rings (SSSR count). The number of nitrogens with zero attached hydrogens (tertiary/aromatic N) is 3. The Kier molecular flexibility index (Phi) is 4.75. The molecule has 6 heteroatoms. The van der Waals surface area contributed by atoms with Gasteiger partial charge in [-0.2, -0.15) is 4.98 Å². The van der Waals surface area contributed by atoms with Crippen molar-refractivity contribution < 1.29 is 9.90 Å². The van der Waals surface area contributed by atoms with E-state index in [-0.39, 0.29) is 6.54 Å². The Morgan fingerprint density at radius 2 is 1.73 bits per heavy atom. The molecular formula is C20H22N4O2. The molecule has 6 nitrogen and oxygen atoms in total. The molecule has 1 heterocycles. The number of carboxylic acid groups (broad SMARTS) is 1. The molecule has 0 amide bonds. The second kappa shape index (κ2) is 7.00. The zero-order chi connectivity index (χ0) is 18.7. The van der Waals surface area contributed by atoms with Crippen molar-refractivity contribution in [3.63, 3.8) is 0 Å². The number of nitrogens with one attached hydrogen (secondary N) is 1. The van der Waals surface area contributed by atoms with Gasteiger partial charge in [0.2, 0.25) is 5.95 Å². The van der Waals surface area contributed by atoms with E-state index in [1.54, 1.807) is 6.92 Å². The van der Waals surface area contributed by atoms with Crippen molar-refractivity contribution in [1.29, 1.82) is 0 Å². The molecule has 0 aliphatic heterocycles. The van der Waals surface area contributed by atoms with Crippen LogP contribution in [0.3, 0.4) is 0 Å². The van der Waals surface area contributed by atoms with E-state index in [0.29, 0.717) is 5.95 Å². The van der Waals surface area contributed by atoms with Crippen LogP contribution in [0.25, 0.3) is 10.9 Å². The summed E-state index contributed by atoms with van der Waals surface area (Å²) >= 11 is 0. The molecule has 26 heavy (non-hydrogen) atoms. The van der Waals surface area contributed by atoms with E-state index >= 15 is 0 Å². The smallest absolute Gasteiger partial charge is 0.315 e. The minimum Gasteiger partial charge on any atom is -0.481 e. The summed E-state index contributed by atoms with van der Waals surface area (Å²) in [5, 5.41) is 13.9. The molecule has 0 bridgehead atoms. The largest absolute Gasteiger partial charge is 0.481 e. The second-order valence-corrected chi connectivity index (χ2v) is 6.64. The van der Waals surface area contributed by atoms with Gasteiger partial charge < -0.3 is 15.3 Å². The minimum atomic E-state index is -1.09. The van der Waals surface area contributed by atoms with Gasteiger partial charge in [0, 0.05) is 26.0 Å². The molecule has 1 unspecified atom stereocenters. The van der Waals surface area contributed by atoms with Crippen molar-refractivity contribution in [3.05, 3.63) is 60.2 Å². The highest BCUT2D eigenvalue weighted by molar-refractivity contribution is 5.90. The molecule has 0 radical (unpaired) electrons. The highest BCUT2D eigenvalue weighted by atomic mass is 16.4. The molecule has 3 aromatic rings. The van der Waals surface area contributed by atoms with Crippen LogP contribution < -0.4 is 10.2 Å². The van der Waals surface area contributed by atoms with Gasteiger partial charge in [-0.3, -0.25) is 4.79 Å². The molecule has 2 aromatic carbocycles. The Hall–Kier alpha value is -3.15. The van der Waals surface area contributed by atoms with Gasteiger partial charge in [-0.05, 0) is 24.6 Å². The summed E-state index contributed by atoms with van der Waals surface area (Å²) in [5.74, 6) is 0.301. The minimum absolute atomic E-state index is 0.178. The van der Waals surface area contributed by atoms with Crippen LogP contribution in [0, 0.1) is 0 Å². The van der Waals surface area contributed by atoms with Crippen LogP contribution in [0.4, 0.5) is 11.8 Å². The molecule has 1 atom stereocenters. The van der Waals surface area contributed by atoms with Gasteiger partial charge in [0.25, 0.3) is 0 Å². The zero-order valence-corrected chi connectivity index (χ0v) is 15.1. The van der Waals surface area contributed by atoms with Crippen LogP contribution in [-0.2, 0) is 10.2 Å². The second-order valence-electron chi connectivity index (χ2n) is 6.64. The number of anilines is 2. The van der Waals surface area contributed by atoms with E-state index in [0.717, 1.165) is 22.3 Å². The lowest BCUT2D eigenvalue weighted by atomic mass is 9.82. The summed E-state index contributed by atoms with van der Waals surface area (Å²) < 4.78 is 0. The zero-order valence-electron chi connectivity index (χ0n) is 15.1. The Morgan fingerprint density at radius 1 is 1.08 bits per heavy atom. The number of carbonyl (C=O) groups is 1. The average Bonchev–Trinajstić information content (AvgIpc) is 2.65. The number of rotatable bonds is 6. The van der Waals surface area contributed by atoms with Gasteiger partial charge in [-0.25, -0.2) is 4.98 Å². The summed E-state index contributed by atoms with van der Waals surface area (Å²) in [6.45, 7) is 1.88. The van der Waals surface area contributed by atoms with E-state index in [9.17, 15) is 9.90 Å². The van der Waals surface area contributed by atoms with Gasteiger partial charge in [0.1, 0.15) is 11.2 Å². The molecule has 2 N–H and O–H groups in total. The number of hydrogen-bond donors (Lipinski definition) is 2. The lowest BCUT2D eigenvalue weighted by Crippen LogP contribution is -2.39. The van der Waals surface area contributed by atoms with Gasteiger partial charge in [0.15, 0.2) is 0 Å². The molecule has 0 aliphatic carbocycles. The highest BCUT2D eigenvalue weighted by Crippen LogP contribution is 2.27. The number of para-hydroxylation sites is 1. The number of fused-ring (bicyclic) bond motifs is 1. The lowest BCUT2D eigenvalue weighted by molar-refractivity contribution is -0.142. The maximum Gasteiger partial charge on any atom is 0.315 e. The molecule has 1 aromatic heterocycles. The third kappa shape index (κ3) is 3.31. The van der Waals surface area contributed by atoms with Crippen LogP contribution in [0.15, 0.2) is 54.6 Å². The Morgan fingerprint density at radius 3 is 2.38 bits per heavy atom. The SMILES string of the molecule is CN(C)c1nc(NCC(C)(C(=O)O)c2ccccc2)nc2ccccc12. The first-order valence-corrected chi connectivity index (χ1v) is 8.39. The highest BCUT2D eigenvalue weighted by Gasteiger charge is 2.35. The summed E-state index contributed by atoms with van der Waals surface area (Å²) in [5.41, 5.74) is 0.452. The van der Waals surface area contributed by atoms with Crippen molar-refractivity contribution >= 4 is 28.6 Å². The van der Waals surface area contributed by atoms with Gasteiger partial charge in [-0.15, -0.1) is 0 Å². The van der Waals surface area contributed by atoms with Crippen molar-refractivity contribution in [2.45, 2.75) is 12.3 Å². The summed E-state index contributed by atoms with van der Waals surface area (Å²) in [6.07, 6.45) is 0. The lowest BCUT2D eigenvalue weighted by Gasteiger charge is -2.26. The fourth-order valence-corrected chi connectivity index (χ4v) is 2.84. The van der Waals surface area contributed by atoms with Crippen molar-refractivity contribution in [2.75, 3.05) is 30.9 Å².